The second-order valence-electron chi connectivity index (χ2n) is 4.76. The maximum atomic E-state index is 12.1. The Balaban J connectivity index is 5.06. The van der Waals surface area contributed by atoms with Crippen LogP contribution >= 0.6 is 7.80 Å². The molecule has 0 aromatic carbocycles. The molecule has 0 aliphatic rings. The summed E-state index contributed by atoms with van der Waals surface area (Å²) >= 11 is 0. The van der Waals surface area contributed by atoms with Crippen molar-refractivity contribution in [2.45, 2.75) is 38.4 Å². The molecule has 0 saturated heterocycles. The molecule has 0 saturated carbocycles. The molecule has 0 fully saturated rings. The number of carboxylic acids is 1. The summed E-state index contributed by atoms with van der Waals surface area (Å²) in [7, 11) is -1.82. The molecule has 0 aliphatic carbocycles. The van der Waals surface area contributed by atoms with Crippen molar-refractivity contribution in [1.29, 1.82) is 0 Å². The van der Waals surface area contributed by atoms with E-state index in [1.807, 2.05) is 0 Å². The Hall–Kier alpha value is -1.41. The molecular formula is C11H21N3O6P+. The van der Waals surface area contributed by atoms with E-state index in [-0.39, 0.29) is 19.0 Å². The van der Waals surface area contributed by atoms with Crippen molar-refractivity contribution >= 4 is 25.6 Å². The van der Waals surface area contributed by atoms with Gasteiger partial charge in [0.05, 0.1) is 6.04 Å². The molecule has 0 radical (unpaired) electrons. The lowest BCUT2D eigenvalue weighted by Crippen LogP contribution is -2.65. The van der Waals surface area contributed by atoms with Crippen LogP contribution in [0.5, 0.6) is 0 Å². The van der Waals surface area contributed by atoms with E-state index in [2.05, 4.69) is 0 Å². The van der Waals surface area contributed by atoms with Crippen LogP contribution in [0.1, 0.15) is 26.7 Å². The molecule has 0 bridgehead atoms. The summed E-state index contributed by atoms with van der Waals surface area (Å²) in [6.45, 7) is 2.32. The second kappa shape index (κ2) is 8.14. The van der Waals surface area contributed by atoms with E-state index in [4.69, 9.17) is 21.7 Å². The van der Waals surface area contributed by atoms with Gasteiger partial charge < -0.3 is 15.9 Å². The van der Waals surface area contributed by atoms with Gasteiger partial charge in [-0.15, -0.1) is 0 Å². The fourth-order valence-electron chi connectivity index (χ4n) is 1.50. The SMILES string of the molecule is CC(N)C(=O)N(C(=O)CCC[P+](=O)CO)C(C)(N)C(=O)O. The number of carboxylic acid groups (broad SMARTS) is 1. The van der Waals surface area contributed by atoms with Crippen LogP contribution in [0.2, 0.25) is 0 Å². The molecule has 10 heteroatoms. The van der Waals surface area contributed by atoms with Crippen LogP contribution in [-0.2, 0) is 18.9 Å². The number of carbonyl (C=O) groups is 3. The molecule has 0 heterocycles. The van der Waals surface area contributed by atoms with E-state index in [1.165, 1.54) is 6.92 Å². The lowest BCUT2D eigenvalue weighted by atomic mass is 10.1. The van der Waals surface area contributed by atoms with Gasteiger partial charge in [0, 0.05) is 6.42 Å². The van der Waals surface area contributed by atoms with E-state index in [0.717, 1.165) is 6.92 Å². The number of rotatable bonds is 8. The van der Waals surface area contributed by atoms with Gasteiger partial charge in [-0.05, 0) is 20.3 Å². The third kappa shape index (κ3) is 5.47. The van der Waals surface area contributed by atoms with Gasteiger partial charge >= 0.3 is 13.8 Å². The number of aliphatic carboxylic acids is 1. The number of aliphatic hydroxyl groups excluding tert-OH is 1. The van der Waals surface area contributed by atoms with E-state index < -0.39 is 43.6 Å². The van der Waals surface area contributed by atoms with E-state index >= 15 is 0 Å². The molecule has 2 amide bonds. The molecule has 0 aromatic rings. The Morgan fingerprint density at radius 2 is 1.90 bits per heavy atom. The molecule has 3 unspecified atom stereocenters. The number of aliphatic hydroxyl groups is 1. The Morgan fingerprint density at radius 3 is 2.29 bits per heavy atom. The van der Waals surface area contributed by atoms with Gasteiger partial charge in [-0.25, -0.2) is 4.79 Å². The van der Waals surface area contributed by atoms with E-state index in [1.54, 1.807) is 0 Å². The van der Waals surface area contributed by atoms with Crippen LogP contribution in [-0.4, -0.2) is 57.1 Å². The first-order valence-electron chi connectivity index (χ1n) is 6.23. The summed E-state index contributed by atoms with van der Waals surface area (Å²) < 4.78 is 11.1. The van der Waals surface area contributed by atoms with Gasteiger partial charge in [-0.2, -0.15) is 0 Å². The van der Waals surface area contributed by atoms with E-state index in [0.29, 0.717) is 4.90 Å². The lowest BCUT2D eigenvalue weighted by molar-refractivity contribution is -0.165. The molecule has 120 valence electrons. The topological polar surface area (TPSA) is 164 Å². The number of hydrogen-bond acceptors (Lipinski definition) is 7. The van der Waals surface area contributed by atoms with Gasteiger partial charge in [0.15, 0.2) is 5.66 Å². The minimum Gasteiger partial charge on any atom is -0.478 e. The number of carbonyl (C=O) groups excluding carboxylic acids is 2. The zero-order chi connectivity index (χ0) is 16.8. The summed E-state index contributed by atoms with van der Waals surface area (Å²) in [6.07, 6.45) is -0.492. The maximum Gasteiger partial charge on any atom is 0.366 e. The zero-order valence-corrected chi connectivity index (χ0v) is 12.9. The predicted molar refractivity (Wildman–Crippen MR) is 74.5 cm³/mol. The molecule has 0 rings (SSSR count). The molecule has 0 aromatic heterocycles. The summed E-state index contributed by atoms with van der Waals surface area (Å²) in [5.74, 6) is -3.27. The fourth-order valence-corrected chi connectivity index (χ4v) is 2.15. The molecule has 0 spiro atoms. The van der Waals surface area contributed by atoms with E-state index in [9.17, 15) is 18.9 Å². The van der Waals surface area contributed by atoms with Crippen molar-refractivity contribution in [1.82, 2.24) is 4.90 Å². The van der Waals surface area contributed by atoms with Crippen molar-refractivity contribution in [2.24, 2.45) is 11.5 Å². The van der Waals surface area contributed by atoms with Gasteiger partial charge in [-0.3, -0.25) is 20.2 Å². The quantitative estimate of drug-likeness (QED) is 0.326. The first-order chi connectivity index (χ1) is 9.55. The number of amides is 2. The predicted octanol–water partition coefficient (Wildman–Crippen LogP) is -0.994. The monoisotopic (exact) mass is 322 g/mol. The van der Waals surface area contributed by atoms with Crippen LogP contribution < -0.4 is 11.5 Å². The number of imide groups is 1. The average Bonchev–Trinajstić information content (AvgIpc) is 2.37. The Labute approximate surface area is 123 Å². The molecule has 0 aliphatic heterocycles. The summed E-state index contributed by atoms with van der Waals surface area (Å²) in [5, 5.41) is 17.7. The minimum atomic E-state index is -2.22. The third-order valence-electron chi connectivity index (χ3n) is 2.71. The van der Waals surface area contributed by atoms with Crippen LogP contribution in [0, 0.1) is 0 Å². The summed E-state index contributed by atoms with van der Waals surface area (Å²) in [6, 6.07) is -1.09. The summed E-state index contributed by atoms with van der Waals surface area (Å²) in [5.41, 5.74) is 8.71. The highest BCUT2D eigenvalue weighted by Gasteiger charge is 2.43. The van der Waals surface area contributed by atoms with Gasteiger partial charge in [0.25, 0.3) is 0 Å². The number of hydrogen-bond donors (Lipinski definition) is 4. The minimum absolute atomic E-state index is 0.0894. The Kier molecular flexibility index (Phi) is 7.59. The van der Waals surface area contributed by atoms with Crippen molar-refractivity contribution in [3.8, 4) is 0 Å². The third-order valence-corrected chi connectivity index (χ3v) is 3.84. The van der Waals surface area contributed by atoms with Crippen LogP contribution in [0.4, 0.5) is 0 Å². The largest absolute Gasteiger partial charge is 0.478 e. The van der Waals surface area contributed by atoms with Gasteiger partial charge in [-0.1, -0.05) is 4.57 Å². The smallest absolute Gasteiger partial charge is 0.366 e. The standard InChI is InChI=1S/C11H20N3O6P/c1-7(12)9(17)14(11(2,13)10(18)19)8(16)4-3-5-21(20)6-15/h7,15H,3-6,12-13H2,1-2H3/p+1. The maximum absolute atomic E-state index is 12.1. The van der Waals surface area contributed by atoms with Crippen LogP contribution in [0.15, 0.2) is 0 Å². The van der Waals surface area contributed by atoms with Crippen molar-refractivity contribution in [2.75, 3.05) is 12.5 Å². The Bertz CT molecular complexity index is 438. The fraction of sp³-hybridized carbons (Fsp3) is 0.727. The van der Waals surface area contributed by atoms with Crippen molar-refractivity contribution in [3.05, 3.63) is 0 Å². The summed E-state index contributed by atoms with van der Waals surface area (Å²) in [4.78, 5) is 35.5. The molecular weight excluding hydrogens is 301 g/mol. The highest BCUT2D eigenvalue weighted by molar-refractivity contribution is 7.44. The second-order valence-corrected chi connectivity index (χ2v) is 6.45. The molecule has 3 atom stereocenters. The zero-order valence-electron chi connectivity index (χ0n) is 12.0. The lowest BCUT2D eigenvalue weighted by Gasteiger charge is -2.34. The molecule has 6 N–H and O–H groups in total. The molecule has 21 heavy (non-hydrogen) atoms. The highest BCUT2D eigenvalue weighted by Crippen LogP contribution is 2.21. The normalized spacial score (nSPS) is 15.8. The Morgan fingerprint density at radius 1 is 1.38 bits per heavy atom. The van der Waals surface area contributed by atoms with Crippen LogP contribution in [0.3, 0.4) is 0 Å². The average molecular weight is 322 g/mol. The number of nitrogens with zero attached hydrogens (tertiary/aromatic N) is 1. The van der Waals surface area contributed by atoms with Gasteiger partial charge in [0.2, 0.25) is 18.2 Å². The molecule has 9 nitrogen and oxygen atoms in total. The van der Waals surface area contributed by atoms with Crippen molar-refractivity contribution < 1.29 is 29.2 Å². The van der Waals surface area contributed by atoms with Crippen LogP contribution in [0.25, 0.3) is 0 Å². The highest BCUT2D eigenvalue weighted by atomic mass is 31.1. The van der Waals surface area contributed by atoms with Gasteiger partial charge in [0.1, 0.15) is 6.16 Å². The first kappa shape index (κ1) is 19.6. The number of nitrogens with two attached hydrogens (primary N) is 2. The van der Waals surface area contributed by atoms with Crippen molar-refractivity contribution in [3.63, 3.8) is 0 Å². The first-order valence-corrected chi connectivity index (χ1v) is 7.86.